The van der Waals surface area contributed by atoms with Crippen LogP contribution in [-0.4, -0.2) is 11.0 Å². The molecule has 1 unspecified atom stereocenters. The van der Waals surface area contributed by atoms with Crippen molar-refractivity contribution >= 4 is 0 Å². The maximum atomic E-state index is 5.70. The third kappa shape index (κ3) is 2.11. The Morgan fingerprint density at radius 3 is 2.58 bits per heavy atom. The Bertz CT molecular complexity index is 229. The Kier molecular flexibility index (Phi) is 2.93. The molecule has 0 aromatic carbocycles. The van der Waals surface area contributed by atoms with E-state index in [4.69, 9.17) is 5.73 Å². The maximum absolute atomic E-state index is 5.70. The summed E-state index contributed by atoms with van der Waals surface area (Å²) in [5.74, 6) is 0. The van der Waals surface area contributed by atoms with Gasteiger partial charge in [-0.15, -0.1) is 0 Å². The Balaban J connectivity index is 2.62. The molecule has 0 radical (unpaired) electrons. The predicted octanol–water partition coefficient (Wildman–Crippen LogP) is 1.91. The number of aromatic nitrogens is 1. The van der Waals surface area contributed by atoms with Crippen LogP contribution in [0.25, 0.3) is 0 Å². The highest BCUT2D eigenvalue weighted by Gasteiger charge is 2.04. The molecule has 1 heterocycles. The van der Waals surface area contributed by atoms with Crippen molar-refractivity contribution in [3.63, 3.8) is 0 Å². The highest BCUT2D eigenvalue weighted by molar-refractivity contribution is 5.28. The topological polar surface area (TPSA) is 41.8 Å². The van der Waals surface area contributed by atoms with Gasteiger partial charge in [0.15, 0.2) is 0 Å². The van der Waals surface area contributed by atoms with Crippen LogP contribution in [-0.2, 0) is 6.42 Å². The number of hydrogen-bond acceptors (Lipinski definition) is 1. The van der Waals surface area contributed by atoms with Crippen LogP contribution in [0.15, 0.2) is 6.20 Å². The first-order valence-electron chi connectivity index (χ1n) is 4.50. The Morgan fingerprint density at radius 2 is 2.17 bits per heavy atom. The fourth-order valence-corrected chi connectivity index (χ4v) is 1.44. The second kappa shape index (κ2) is 3.76. The van der Waals surface area contributed by atoms with Gasteiger partial charge in [-0.05, 0) is 44.7 Å². The smallest absolute Gasteiger partial charge is 0.0150 e. The Labute approximate surface area is 74.2 Å². The van der Waals surface area contributed by atoms with Gasteiger partial charge in [0.1, 0.15) is 0 Å². The Hall–Kier alpha value is -0.760. The van der Waals surface area contributed by atoms with E-state index in [0.29, 0.717) is 6.04 Å². The second-order valence-electron chi connectivity index (χ2n) is 3.59. The summed E-state index contributed by atoms with van der Waals surface area (Å²) in [5.41, 5.74) is 9.78. The van der Waals surface area contributed by atoms with Crippen molar-refractivity contribution in [1.82, 2.24) is 4.98 Å². The van der Waals surface area contributed by atoms with Gasteiger partial charge < -0.3 is 10.7 Å². The molecule has 0 aliphatic heterocycles. The highest BCUT2D eigenvalue weighted by atomic mass is 14.7. The first kappa shape index (κ1) is 9.33. The fraction of sp³-hybridized carbons (Fsp3) is 0.600. The Morgan fingerprint density at radius 1 is 1.50 bits per heavy atom. The molecular weight excluding hydrogens is 148 g/mol. The zero-order chi connectivity index (χ0) is 9.14. The molecule has 0 fully saturated rings. The minimum Gasteiger partial charge on any atom is -0.365 e. The van der Waals surface area contributed by atoms with E-state index in [1.165, 1.54) is 16.8 Å². The maximum Gasteiger partial charge on any atom is 0.0150 e. The molecule has 1 aromatic rings. The number of nitrogens with two attached hydrogens (primary N) is 1. The zero-order valence-corrected chi connectivity index (χ0v) is 8.15. The summed E-state index contributed by atoms with van der Waals surface area (Å²) < 4.78 is 0. The average molecular weight is 166 g/mol. The lowest BCUT2D eigenvalue weighted by Gasteiger charge is -2.05. The predicted molar refractivity (Wildman–Crippen MR) is 52.2 cm³/mol. The molecule has 0 bridgehead atoms. The molecule has 3 N–H and O–H groups in total. The van der Waals surface area contributed by atoms with Crippen LogP contribution in [0.1, 0.15) is 30.2 Å². The van der Waals surface area contributed by atoms with Crippen molar-refractivity contribution < 1.29 is 0 Å². The van der Waals surface area contributed by atoms with Gasteiger partial charge in [-0.2, -0.15) is 0 Å². The van der Waals surface area contributed by atoms with Gasteiger partial charge in [0.25, 0.3) is 0 Å². The SMILES string of the molecule is Cc1c[nH]c(C)c1CCC(C)N. The van der Waals surface area contributed by atoms with E-state index in [1.54, 1.807) is 0 Å². The molecule has 0 saturated heterocycles. The van der Waals surface area contributed by atoms with Crippen LogP contribution in [0.3, 0.4) is 0 Å². The van der Waals surface area contributed by atoms with E-state index in [9.17, 15) is 0 Å². The number of hydrogen-bond donors (Lipinski definition) is 2. The molecule has 2 nitrogen and oxygen atoms in total. The third-order valence-electron chi connectivity index (χ3n) is 2.28. The van der Waals surface area contributed by atoms with Crippen LogP contribution < -0.4 is 5.73 Å². The molecule has 2 heteroatoms. The average Bonchev–Trinajstić information content (AvgIpc) is 2.28. The van der Waals surface area contributed by atoms with E-state index >= 15 is 0 Å². The number of H-pyrrole nitrogens is 1. The summed E-state index contributed by atoms with van der Waals surface area (Å²) in [6.45, 7) is 6.31. The first-order chi connectivity index (χ1) is 5.61. The molecule has 12 heavy (non-hydrogen) atoms. The van der Waals surface area contributed by atoms with E-state index < -0.39 is 0 Å². The summed E-state index contributed by atoms with van der Waals surface area (Å²) in [6.07, 6.45) is 4.23. The number of aromatic amines is 1. The van der Waals surface area contributed by atoms with Gasteiger partial charge in [-0.1, -0.05) is 0 Å². The molecular formula is C10H18N2. The molecule has 1 atom stereocenters. The van der Waals surface area contributed by atoms with E-state index in [0.717, 1.165) is 12.8 Å². The summed E-state index contributed by atoms with van der Waals surface area (Å²) in [6, 6.07) is 0.304. The van der Waals surface area contributed by atoms with Gasteiger partial charge >= 0.3 is 0 Å². The van der Waals surface area contributed by atoms with Crippen LogP contribution >= 0.6 is 0 Å². The molecule has 0 amide bonds. The van der Waals surface area contributed by atoms with E-state index in [2.05, 4.69) is 32.0 Å². The van der Waals surface area contributed by atoms with Gasteiger partial charge in [-0.3, -0.25) is 0 Å². The molecule has 1 aromatic heterocycles. The van der Waals surface area contributed by atoms with Crippen LogP contribution in [0.4, 0.5) is 0 Å². The molecule has 0 spiro atoms. The van der Waals surface area contributed by atoms with Crippen LogP contribution in [0.2, 0.25) is 0 Å². The lowest BCUT2D eigenvalue weighted by atomic mass is 10.0. The summed E-state index contributed by atoms with van der Waals surface area (Å²) in [4.78, 5) is 3.22. The largest absolute Gasteiger partial charge is 0.365 e. The van der Waals surface area contributed by atoms with Crippen molar-refractivity contribution in [3.05, 3.63) is 23.0 Å². The van der Waals surface area contributed by atoms with E-state index in [-0.39, 0.29) is 0 Å². The highest BCUT2D eigenvalue weighted by Crippen LogP contribution is 2.14. The quantitative estimate of drug-likeness (QED) is 0.707. The number of rotatable bonds is 3. The standard InChI is InChI=1S/C10H18N2/c1-7-6-12-9(3)10(7)5-4-8(2)11/h6,8,12H,4-5,11H2,1-3H3. The van der Waals surface area contributed by atoms with Crippen LogP contribution in [0.5, 0.6) is 0 Å². The van der Waals surface area contributed by atoms with Gasteiger partial charge in [0.2, 0.25) is 0 Å². The van der Waals surface area contributed by atoms with Crippen molar-refractivity contribution in [1.29, 1.82) is 0 Å². The monoisotopic (exact) mass is 166 g/mol. The first-order valence-corrected chi connectivity index (χ1v) is 4.50. The number of nitrogens with one attached hydrogen (secondary N) is 1. The van der Waals surface area contributed by atoms with Crippen molar-refractivity contribution in [2.24, 2.45) is 5.73 Å². The third-order valence-corrected chi connectivity index (χ3v) is 2.28. The fourth-order valence-electron chi connectivity index (χ4n) is 1.44. The minimum atomic E-state index is 0.304. The summed E-state index contributed by atoms with van der Waals surface area (Å²) >= 11 is 0. The van der Waals surface area contributed by atoms with Gasteiger partial charge in [0, 0.05) is 17.9 Å². The molecule has 0 saturated carbocycles. The normalized spacial score (nSPS) is 13.3. The molecule has 1 rings (SSSR count). The number of aryl methyl sites for hydroxylation is 2. The van der Waals surface area contributed by atoms with Crippen molar-refractivity contribution in [3.8, 4) is 0 Å². The van der Waals surface area contributed by atoms with Crippen LogP contribution in [0, 0.1) is 13.8 Å². The van der Waals surface area contributed by atoms with Crippen molar-refractivity contribution in [2.45, 2.75) is 39.7 Å². The summed E-state index contributed by atoms with van der Waals surface area (Å²) in [7, 11) is 0. The summed E-state index contributed by atoms with van der Waals surface area (Å²) in [5, 5.41) is 0. The minimum absolute atomic E-state index is 0.304. The second-order valence-corrected chi connectivity index (χ2v) is 3.59. The lowest BCUT2D eigenvalue weighted by Crippen LogP contribution is -2.15. The zero-order valence-electron chi connectivity index (χ0n) is 8.15. The molecule has 0 aliphatic rings. The molecule has 68 valence electrons. The van der Waals surface area contributed by atoms with Gasteiger partial charge in [0.05, 0.1) is 0 Å². The van der Waals surface area contributed by atoms with Gasteiger partial charge in [-0.25, -0.2) is 0 Å². The lowest BCUT2D eigenvalue weighted by molar-refractivity contribution is 0.663. The van der Waals surface area contributed by atoms with Crippen molar-refractivity contribution in [2.75, 3.05) is 0 Å². The molecule has 0 aliphatic carbocycles. The van der Waals surface area contributed by atoms with E-state index in [1.807, 2.05) is 0 Å².